The van der Waals surface area contributed by atoms with E-state index in [1.165, 1.54) is 6.21 Å². The lowest BCUT2D eigenvalue weighted by molar-refractivity contribution is -0.116. The van der Waals surface area contributed by atoms with E-state index in [4.69, 9.17) is 30.6 Å². The summed E-state index contributed by atoms with van der Waals surface area (Å²) in [6, 6.07) is 16.6. The molecule has 1 aliphatic heterocycles. The Balaban J connectivity index is 1.51. The topological polar surface area (TPSA) is 142 Å². The number of fused-ring (bicyclic) bond motifs is 1. The Morgan fingerprint density at radius 2 is 1.86 bits per heavy atom. The molecule has 0 atom stereocenters. The summed E-state index contributed by atoms with van der Waals surface area (Å²) in [6.45, 7) is 7.44. The number of hydrogen-bond donors (Lipinski definition) is 4. The van der Waals surface area contributed by atoms with Gasteiger partial charge in [0.2, 0.25) is 5.91 Å². The molecule has 0 aliphatic carbocycles. The molecule has 0 spiro atoms. The number of hydrogen-bond acceptors (Lipinski definition) is 10. The summed E-state index contributed by atoms with van der Waals surface area (Å²) in [5, 5.41) is 14.8. The van der Waals surface area contributed by atoms with Crippen LogP contribution in [-0.2, 0) is 4.79 Å². The average molecular weight is 597 g/mol. The predicted molar refractivity (Wildman–Crippen MR) is 177 cm³/mol. The van der Waals surface area contributed by atoms with Crippen molar-refractivity contribution in [2.75, 3.05) is 69.9 Å². The summed E-state index contributed by atoms with van der Waals surface area (Å²) >= 11 is 0. The Kier molecular flexibility index (Phi) is 9.88. The molecule has 0 unspecified atom stereocenters. The van der Waals surface area contributed by atoms with Crippen molar-refractivity contribution >= 4 is 45.9 Å². The van der Waals surface area contributed by atoms with Crippen LogP contribution in [0.5, 0.6) is 11.5 Å². The number of methoxy groups -OCH3 is 1. The number of likely N-dealkylation sites (N-methyl/N-ethyl adjacent to an activating group) is 1. The standard InChI is InChI=1S/C33H40N8O3/c1-4-6-31(42)36-24-8-5-7-22(17-24)32-38-28-20-29(43-3)30(44-16-15-41-13-11-40(2)12-14-41)19-26(28)33(39-32)37-25-9-10-27(35)23(18-25)21-34/h5,7-10,17-21,34H,4,6,11-16,35H2,1-3H3,(H,36,42)(H,37,38,39). The molecule has 0 radical (unpaired) electrons. The van der Waals surface area contributed by atoms with E-state index in [0.29, 0.717) is 58.6 Å². The van der Waals surface area contributed by atoms with Crippen molar-refractivity contribution in [3.05, 3.63) is 60.2 Å². The number of piperazine rings is 1. The maximum absolute atomic E-state index is 12.2. The number of rotatable bonds is 12. The van der Waals surface area contributed by atoms with Crippen molar-refractivity contribution in [3.63, 3.8) is 0 Å². The van der Waals surface area contributed by atoms with Crippen LogP contribution in [-0.4, -0.2) is 85.4 Å². The number of nitrogens with one attached hydrogen (secondary N) is 3. The number of ether oxygens (including phenoxy) is 2. The van der Waals surface area contributed by atoms with Crippen LogP contribution in [0, 0.1) is 5.41 Å². The molecule has 0 saturated carbocycles. The molecule has 1 amide bonds. The highest BCUT2D eigenvalue weighted by Gasteiger charge is 2.18. The summed E-state index contributed by atoms with van der Waals surface area (Å²) in [5.41, 5.74) is 9.95. The molecular weight excluding hydrogens is 556 g/mol. The van der Waals surface area contributed by atoms with E-state index >= 15 is 0 Å². The van der Waals surface area contributed by atoms with Crippen LogP contribution in [0.4, 0.5) is 22.9 Å². The van der Waals surface area contributed by atoms with E-state index in [9.17, 15) is 4.79 Å². The molecular formula is C33H40N8O3. The van der Waals surface area contributed by atoms with E-state index in [2.05, 4.69) is 27.5 Å². The third-order valence-corrected chi connectivity index (χ3v) is 7.63. The smallest absolute Gasteiger partial charge is 0.224 e. The zero-order chi connectivity index (χ0) is 31.1. The van der Waals surface area contributed by atoms with E-state index < -0.39 is 0 Å². The minimum atomic E-state index is -0.0401. The molecule has 1 saturated heterocycles. The molecule has 44 heavy (non-hydrogen) atoms. The van der Waals surface area contributed by atoms with Gasteiger partial charge in [-0.25, -0.2) is 9.97 Å². The van der Waals surface area contributed by atoms with Crippen LogP contribution in [0.15, 0.2) is 54.6 Å². The summed E-state index contributed by atoms with van der Waals surface area (Å²) in [5.74, 6) is 2.16. The molecule has 11 nitrogen and oxygen atoms in total. The first kappa shape index (κ1) is 30.7. The van der Waals surface area contributed by atoms with Crippen LogP contribution in [0.25, 0.3) is 22.3 Å². The number of nitrogen functional groups attached to an aromatic ring is 1. The maximum Gasteiger partial charge on any atom is 0.224 e. The van der Waals surface area contributed by atoms with Gasteiger partial charge in [0.05, 0.1) is 12.6 Å². The highest BCUT2D eigenvalue weighted by atomic mass is 16.5. The number of benzene rings is 3. The number of nitrogens with two attached hydrogens (primary N) is 1. The molecule has 230 valence electrons. The van der Waals surface area contributed by atoms with Gasteiger partial charge in [0.25, 0.3) is 0 Å². The van der Waals surface area contributed by atoms with Crippen molar-refractivity contribution < 1.29 is 14.3 Å². The number of amides is 1. The van der Waals surface area contributed by atoms with Gasteiger partial charge in [-0.3, -0.25) is 9.69 Å². The number of nitrogens with zero attached hydrogens (tertiary/aromatic N) is 4. The average Bonchev–Trinajstić information content (AvgIpc) is 3.02. The van der Waals surface area contributed by atoms with E-state index in [0.717, 1.165) is 55.8 Å². The molecule has 1 aromatic heterocycles. The zero-order valence-corrected chi connectivity index (χ0v) is 25.5. The van der Waals surface area contributed by atoms with E-state index in [1.54, 1.807) is 19.2 Å². The second-order valence-electron chi connectivity index (χ2n) is 10.9. The molecule has 4 aromatic rings. The molecule has 0 bridgehead atoms. The molecule has 2 heterocycles. The van der Waals surface area contributed by atoms with E-state index in [-0.39, 0.29) is 5.91 Å². The number of carbonyl (C=O) groups is 1. The minimum Gasteiger partial charge on any atom is -0.493 e. The highest BCUT2D eigenvalue weighted by molar-refractivity contribution is 5.96. The Bertz CT molecular complexity index is 1640. The van der Waals surface area contributed by atoms with Gasteiger partial charge in [0.15, 0.2) is 17.3 Å². The monoisotopic (exact) mass is 596 g/mol. The fourth-order valence-electron chi connectivity index (χ4n) is 5.09. The Morgan fingerprint density at radius 1 is 1.05 bits per heavy atom. The number of carbonyl (C=O) groups excluding carboxylic acids is 1. The van der Waals surface area contributed by atoms with Crippen molar-refractivity contribution in [1.82, 2.24) is 19.8 Å². The summed E-state index contributed by atoms with van der Waals surface area (Å²) in [7, 11) is 3.76. The van der Waals surface area contributed by atoms with Gasteiger partial charge in [-0.1, -0.05) is 19.1 Å². The lowest BCUT2D eigenvalue weighted by atomic mass is 10.1. The fourth-order valence-corrected chi connectivity index (χ4v) is 5.09. The van der Waals surface area contributed by atoms with Crippen LogP contribution in [0.2, 0.25) is 0 Å². The van der Waals surface area contributed by atoms with Crippen molar-refractivity contribution in [2.45, 2.75) is 19.8 Å². The van der Waals surface area contributed by atoms with Gasteiger partial charge in [0, 0.05) is 85.0 Å². The lowest BCUT2D eigenvalue weighted by Crippen LogP contribution is -2.45. The molecule has 5 N–H and O–H groups in total. The van der Waals surface area contributed by atoms with Crippen LogP contribution in [0.1, 0.15) is 25.3 Å². The third-order valence-electron chi connectivity index (χ3n) is 7.63. The van der Waals surface area contributed by atoms with Gasteiger partial charge in [-0.05, 0) is 49.9 Å². The van der Waals surface area contributed by atoms with Crippen molar-refractivity contribution in [2.24, 2.45) is 0 Å². The Labute approximate surface area is 257 Å². The molecule has 5 rings (SSSR count). The Hall–Kier alpha value is -4.74. The second-order valence-corrected chi connectivity index (χ2v) is 10.9. The van der Waals surface area contributed by atoms with Crippen LogP contribution in [0.3, 0.4) is 0 Å². The van der Waals surface area contributed by atoms with Gasteiger partial charge in [-0.15, -0.1) is 0 Å². The minimum absolute atomic E-state index is 0.0401. The van der Waals surface area contributed by atoms with Gasteiger partial charge in [0.1, 0.15) is 12.4 Å². The van der Waals surface area contributed by atoms with Crippen LogP contribution < -0.4 is 25.8 Å². The first-order valence-corrected chi connectivity index (χ1v) is 14.9. The van der Waals surface area contributed by atoms with E-state index in [1.807, 2.05) is 49.4 Å². The van der Waals surface area contributed by atoms with Gasteiger partial charge < -0.3 is 36.2 Å². The molecule has 1 fully saturated rings. The first-order valence-electron chi connectivity index (χ1n) is 14.9. The molecule has 11 heteroatoms. The maximum atomic E-state index is 12.2. The normalized spacial score (nSPS) is 13.9. The molecule has 1 aliphatic rings. The van der Waals surface area contributed by atoms with Crippen molar-refractivity contribution in [3.8, 4) is 22.9 Å². The third kappa shape index (κ3) is 7.42. The Morgan fingerprint density at radius 3 is 2.61 bits per heavy atom. The number of aromatic nitrogens is 2. The summed E-state index contributed by atoms with van der Waals surface area (Å²) in [4.78, 5) is 26.8. The summed E-state index contributed by atoms with van der Waals surface area (Å²) < 4.78 is 12.0. The zero-order valence-electron chi connectivity index (χ0n) is 25.5. The van der Waals surface area contributed by atoms with Crippen molar-refractivity contribution in [1.29, 1.82) is 5.41 Å². The second kappa shape index (κ2) is 14.2. The fraction of sp³-hybridized carbons (Fsp3) is 0.333. The van der Waals surface area contributed by atoms with Gasteiger partial charge in [-0.2, -0.15) is 0 Å². The quantitative estimate of drug-likeness (QED) is 0.131. The van der Waals surface area contributed by atoms with Crippen LogP contribution >= 0.6 is 0 Å². The highest BCUT2D eigenvalue weighted by Crippen LogP contribution is 2.37. The molecule has 3 aromatic carbocycles. The summed E-state index contributed by atoms with van der Waals surface area (Å²) in [6.07, 6.45) is 2.44. The predicted octanol–water partition coefficient (Wildman–Crippen LogP) is 4.99. The lowest BCUT2D eigenvalue weighted by Gasteiger charge is -2.32. The number of anilines is 4. The SMILES string of the molecule is CCCC(=O)Nc1cccc(-c2nc(Nc3ccc(N)c(C=N)c3)c3cc(OCCN4CCN(C)CC4)c(OC)cc3n2)c1. The van der Waals surface area contributed by atoms with Gasteiger partial charge >= 0.3 is 0 Å². The first-order chi connectivity index (χ1) is 21.4. The largest absolute Gasteiger partial charge is 0.493 e.